The Morgan fingerprint density at radius 3 is 2.76 bits per heavy atom. The van der Waals surface area contributed by atoms with Crippen LogP contribution < -0.4 is 5.73 Å². The maximum atomic E-state index is 12.6. The normalized spacial score (nSPS) is 17.3. The number of nitrogens with zero attached hydrogens (tertiary/aromatic N) is 2. The summed E-state index contributed by atoms with van der Waals surface area (Å²) in [7, 11) is 0. The van der Waals surface area contributed by atoms with Gasteiger partial charge in [-0.2, -0.15) is 0 Å². The zero-order valence-corrected chi connectivity index (χ0v) is 14.2. The van der Waals surface area contributed by atoms with E-state index in [9.17, 15) is 9.59 Å². The SMILES string of the molecule is Nc1cc(C(=O)N2CCCC(C(=O)CCc3ccccc3)C2)ccn1. The minimum Gasteiger partial charge on any atom is -0.384 e. The molecule has 1 atom stereocenters. The van der Waals surface area contributed by atoms with Crippen LogP contribution in [0.25, 0.3) is 0 Å². The fourth-order valence-electron chi connectivity index (χ4n) is 3.30. The lowest BCUT2D eigenvalue weighted by Gasteiger charge is -2.32. The van der Waals surface area contributed by atoms with Gasteiger partial charge in [0.1, 0.15) is 11.6 Å². The van der Waals surface area contributed by atoms with E-state index in [0.29, 0.717) is 30.9 Å². The molecule has 1 fully saturated rings. The molecule has 1 amide bonds. The molecule has 5 heteroatoms. The van der Waals surface area contributed by atoms with Crippen LogP contribution in [0.4, 0.5) is 5.82 Å². The first-order valence-corrected chi connectivity index (χ1v) is 8.71. The number of amides is 1. The summed E-state index contributed by atoms with van der Waals surface area (Å²) in [5.74, 6) is 0.434. The predicted octanol–water partition coefficient (Wildman–Crippen LogP) is 2.72. The highest BCUT2D eigenvalue weighted by Gasteiger charge is 2.28. The number of rotatable bonds is 5. The third-order valence-electron chi connectivity index (χ3n) is 4.69. The molecule has 25 heavy (non-hydrogen) atoms. The Balaban J connectivity index is 1.58. The minimum absolute atomic E-state index is 0.0689. The van der Waals surface area contributed by atoms with Gasteiger partial charge in [0.05, 0.1) is 0 Å². The van der Waals surface area contributed by atoms with Gasteiger partial charge in [-0.25, -0.2) is 4.98 Å². The molecule has 2 heterocycles. The van der Waals surface area contributed by atoms with Gasteiger partial charge in [-0.15, -0.1) is 0 Å². The number of carbonyl (C=O) groups is 2. The Bertz CT molecular complexity index is 746. The number of Topliss-reactive ketones (excluding diaryl/α,β-unsaturated/α-hetero) is 1. The number of nitrogen functional groups attached to an aromatic ring is 1. The summed E-state index contributed by atoms with van der Waals surface area (Å²) in [6.45, 7) is 1.18. The standard InChI is InChI=1S/C20H23N3O2/c21-19-13-16(10-11-22-19)20(25)23-12-4-7-17(14-23)18(24)9-8-15-5-2-1-3-6-15/h1-3,5-6,10-11,13,17H,4,7-9,12,14H2,(H2,21,22). The number of hydrogen-bond acceptors (Lipinski definition) is 4. The molecule has 1 aromatic heterocycles. The van der Waals surface area contributed by atoms with Crippen molar-refractivity contribution in [3.63, 3.8) is 0 Å². The largest absolute Gasteiger partial charge is 0.384 e. The number of hydrogen-bond donors (Lipinski definition) is 1. The van der Waals surface area contributed by atoms with Crippen LogP contribution in [-0.2, 0) is 11.2 Å². The van der Waals surface area contributed by atoms with Crippen molar-refractivity contribution in [2.45, 2.75) is 25.7 Å². The van der Waals surface area contributed by atoms with Gasteiger partial charge in [0, 0.05) is 37.2 Å². The zero-order valence-electron chi connectivity index (χ0n) is 14.2. The molecule has 1 unspecified atom stereocenters. The lowest BCUT2D eigenvalue weighted by molar-refractivity contribution is -0.124. The van der Waals surface area contributed by atoms with Crippen molar-refractivity contribution in [3.8, 4) is 0 Å². The molecule has 2 N–H and O–H groups in total. The number of likely N-dealkylation sites (tertiary alicyclic amines) is 1. The van der Waals surface area contributed by atoms with E-state index in [-0.39, 0.29) is 17.6 Å². The molecular formula is C20H23N3O2. The summed E-state index contributed by atoms with van der Waals surface area (Å²) in [5, 5.41) is 0. The lowest BCUT2D eigenvalue weighted by atomic mass is 9.90. The van der Waals surface area contributed by atoms with Crippen molar-refractivity contribution < 1.29 is 9.59 Å². The average molecular weight is 337 g/mol. The second-order valence-electron chi connectivity index (χ2n) is 6.51. The second-order valence-corrected chi connectivity index (χ2v) is 6.51. The highest BCUT2D eigenvalue weighted by Crippen LogP contribution is 2.21. The molecule has 0 bridgehead atoms. The second kappa shape index (κ2) is 7.92. The van der Waals surface area contributed by atoms with Crippen LogP contribution in [0.15, 0.2) is 48.7 Å². The van der Waals surface area contributed by atoms with Gasteiger partial charge in [0.25, 0.3) is 5.91 Å². The molecule has 5 nitrogen and oxygen atoms in total. The smallest absolute Gasteiger partial charge is 0.254 e. The number of nitrogens with two attached hydrogens (primary N) is 1. The molecule has 1 aliphatic heterocycles. The van der Waals surface area contributed by atoms with Crippen molar-refractivity contribution in [2.75, 3.05) is 18.8 Å². The van der Waals surface area contributed by atoms with Crippen LogP contribution in [0.5, 0.6) is 0 Å². The molecule has 0 aliphatic carbocycles. The Labute approximate surface area is 147 Å². The van der Waals surface area contributed by atoms with Crippen LogP contribution in [-0.4, -0.2) is 34.7 Å². The first-order valence-electron chi connectivity index (χ1n) is 8.71. The summed E-state index contributed by atoms with van der Waals surface area (Å²) in [5.41, 5.74) is 7.37. The topological polar surface area (TPSA) is 76.3 Å². The van der Waals surface area contributed by atoms with Gasteiger partial charge >= 0.3 is 0 Å². The third-order valence-corrected chi connectivity index (χ3v) is 4.69. The van der Waals surface area contributed by atoms with Gasteiger partial charge in [0.15, 0.2) is 0 Å². The number of piperidine rings is 1. The number of pyridine rings is 1. The molecule has 3 rings (SSSR count). The number of aryl methyl sites for hydroxylation is 1. The molecule has 130 valence electrons. The van der Waals surface area contributed by atoms with Crippen LogP contribution in [0.1, 0.15) is 35.2 Å². The van der Waals surface area contributed by atoms with Gasteiger partial charge in [-0.3, -0.25) is 9.59 Å². The van der Waals surface area contributed by atoms with E-state index in [1.54, 1.807) is 17.0 Å². The van der Waals surface area contributed by atoms with E-state index in [2.05, 4.69) is 4.98 Å². The number of carbonyl (C=O) groups excluding carboxylic acids is 2. The van der Waals surface area contributed by atoms with E-state index in [1.807, 2.05) is 30.3 Å². The molecule has 1 aromatic carbocycles. The maximum absolute atomic E-state index is 12.6. The zero-order chi connectivity index (χ0) is 17.6. The summed E-state index contributed by atoms with van der Waals surface area (Å²) in [6, 6.07) is 13.3. The van der Waals surface area contributed by atoms with E-state index < -0.39 is 0 Å². The fourth-order valence-corrected chi connectivity index (χ4v) is 3.30. The van der Waals surface area contributed by atoms with E-state index in [0.717, 1.165) is 19.3 Å². The monoisotopic (exact) mass is 337 g/mol. The van der Waals surface area contributed by atoms with Gasteiger partial charge < -0.3 is 10.6 Å². The maximum Gasteiger partial charge on any atom is 0.254 e. The van der Waals surface area contributed by atoms with Crippen molar-refractivity contribution in [1.29, 1.82) is 0 Å². The summed E-state index contributed by atoms with van der Waals surface area (Å²) in [4.78, 5) is 30.9. The Morgan fingerprint density at radius 2 is 2.00 bits per heavy atom. The van der Waals surface area contributed by atoms with E-state index >= 15 is 0 Å². The molecule has 1 aliphatic rings. The van der Waals surface area contributed by atoms with E-state index in [4.69, 9.17) is 5.73 Å². The first kappa shape index (κ1) is 17.1. The molecule has 0 spiro atoms. The van der Waals surface area contributed by atoms with Crippen LogP contribution >= 0.6 is 0 Å². The van der Waals surface area contributed by atoms with Gasteiger partial charge in [-0.05, 0) is 37.0 Å². The Kier molecular flexibility index (Phi) is 5.43. The average Bonchev–Trinajstić information content (AvgIpc) is 2.66. The number of aromatic nitrogens is 1. The predicted molar refractivity (Wildman–Crippen MR) is 97.0 cm³/mol. The Hall–Kier alpha value is -2.69. The highest BCUT2D eigenvalue weighted by molar-refractivity contribution is 5.95. The first-order chi connectivity index (χ1) is 12.1. The van der Waals surface area contributed by atoms with Crippen molar-refractivity contribution in [3.05, 3.63) is 59.8 Å². The fraction of sp³-hybridized carbons (Fsp3) is 0.350. The Morgan fingerprint density at radius 1 is 1.20 bits per heavy atom. The summed E-state index contributed by atoms with van der Waals surface area (Å²) < 4.78 is 0. The van der Waals surface area contributed by atoms with E-state index in [1.165, 1.54) is 11.8 Å². The quantitative estimate of drug-likeness (QED) is 0.910. The molecule has 0 radical (unpaired) electrons. The number of anilines is 1. The van der Waals surface area contributed by atoms with Crippen LogP contribution in [0, 0.1) is 5.92 Å². The minimum atomic E-state index is -0.0744. The molecule has 2 aromatic rings. The van der Waals surface area contributed by atoms with Crippen molar-refractivity contribution in [2.24, 2.45) is 5.92 Å². The summed E-state index contributed by atoms with van der Waals surface area (Å²) >= 11 is 0. The van der Waals surface area contributed by atoms with Gasteiger partial charge in [-0.1, -0.05) is 30.3 Å². The number of benzene rings is 1. The molecule has 0 saturated carbocycles. The highest BCUT2D eigenvalue weighted by atomic mass is 16.2. The lowest BCUT2D eigenvalue weighted by Crippen LogP contribution is -2.42. The van der Waals surface area contributed by atoms with Crippen molar-refractivity contribution >= 4 is 17.5 Å². The van der Waals surface area contributed by atoms with Crippen molar-refractivity contribution in [1.82, 2.24) is 9.88 Å². The van der Waals surface area contributed by atoms with Crippen LogP contribution in [0.2, 0.25) is 0 Å². The van der Waals surface area contributed by atoms with Gasteiger partial charge in [0.2, 0.25) is 0 Å². The third kappa shape index (κ3) is 4.44. The molecule has 1 saturated heterocycles. The number of ketones is 1. The molecular weight excluding hydrogens is 314 g/mol. The summed E-state index contributed by atoms with van der Waals surface area (Å²) in [6.07, 6.45) is 4.53. The van der Waals surface area contributed by atoms with Crippen LogP contribution in [0.3, 0.4) is 0 Å².